The van der Waals surface area contributed by atoms with Gasteiger partial charge in [-0.1, -0.05) is 0 Å². The minimum absolute atomic E-state index is 0.402. The van der Waals surface area contributed by atoms with E-state index < -0.39 is 6.09 Å². The van der Waals surface area contributed by atoms with E-state index in [1.807, 2.05) is 0 Å². The number of benzene rings is 1. The van der Waals surface area contributed by atoms with Crippen LogP contribution in [-0.4, -0.2) is 26.4 Å². The number of carbonyl (C=O) groups is 1. The maximum Gasteiger partial charge on any atom is 0.411 e. The van der Waals surface area contributed by atoms with Crippen LogP contribution in [0.2, 0.25) is 0 Å². The van der Waals surface area contributed by atoms with Crippen LogP contribution in [-0.2, 0) is 4.74 Å². The molecule has 0 saturated heterocycles. The number of amides is 1. The van der Waals surface area contributed by atoms with Crippen LogP contribution in [0.5, 0.6) is 11.5 Å². The summed E-state index contributed by atoms with van der Waals surface area (Å²) in [5.41, 5.74) is 6.64. The molecule has 1 aliphatic rings. The first-order chi connectivity index (χ1) is 8.20. The monoisotopic (exact) mass is 238 g/mol. The maximum absolute atomic E-state index is 11.1. The van der Waals surface area contributed by atoms with Crippen molar-refractivity contribution in [1.82, 2.24) is 0 Å². The third-order valence-electron chi connectivity index (χ3n) is 2.34. The summed E-state index contributed by atoms with van der Waals surface area (Å²) in [4.78, 5) is 11.1. The Hall–Kier alpha value is -2.11. The molecule has 0 aromatic heterocycles. The summed E-state index contributed by atoms with van der Waals surface area (Å²) in [6.45, 7) is 1.17. The van der Waals surface area contributed by atoms with Gasteiger partial charge in [0.25, 0.3) is 0 Å². The molecular weight excluding hydrogens is 224 g/mol. The lowest BCUT2D eigenvalue weighted by molar-refractivity contribution is 0.187. The lowest BCUT2D eigenvalue weighted by atomic mass is 10.2. The third-order valence-corrected chi connectivity index (χ3v) is 2.34. The normalized spacial score (nSPS) is 13.7. The van der Waals surface area contributed by atoms with Crippen LogP contribution in [0, 0.1) is 0 Å². The molecule has 0 bridgehead atoms. The van der Waals surface area contributed by atoms with Gasteiger partial charge < -0.3 is 19.9 Å². The van der Waals surface area contributed by atoms with Gasteiger partial charge in [-0.3, -0.25) is 5.32 Å². The summed E-state index contributed by atoms with van der Waals surface area (Å²) in [6, 6.07) is 3.26. The maximum atomic E-state index is 11.1. The minimum Gasteiger partial charge on any atom is -0.489 e. The molecule has 3 N–H and O–H groups in total. The van der Waals surface area contributed by atoms with E-state index >= 15 is 0 Å². The van der Waals surface area contributed by atoms with E-state index in [9.17, 15) is 4.79 Å². The van der Waals surface area contributed by atoms with E-state index in [1.165, 1.54) is 7.11 Å². The number of anilines is 2. The number of nitrogens with one attached hydrogen (secondary N) is 1. The molecule has 6 heteroatoms. The van der Waals surface area contributed by atoms with E-state index in [4.69, 9.17) is 15.2 Å². The first-order valence-corrected chi connectivity index (χ1v) is 5.25. The Morgan fingerprint density at radius 3 is 2.65 bits per heavy atom. The van der Waals surface area contributed by atoms with E-state index in [1.54, 1.807) is 12.1 Å². The van der Waals surface area contributed by atoms with Crippen LogP contribution >= 0.6 is 0 Å². The van der Waals surface area contributed by atoms with Gasteiger partial charge in [-0.15, -0.1) is 0 Å². The molecule has 0 aliphatic carbocycles. The predicted molar refractivity (Wildman–Crippen MR) is 62.5 cm³/mol. The van der Waals surface area contributed by atoms with Gasteiger partial charge in [0.15, 0.2) is 11.5 Å². The van der Waals surface area contributed by atoms with Crippen molar-refractivity contribution in [2.24, 2.45) is 0 Å². The second-order valence-electron chi connectivity index (χ2n) is 3.55. The Kier molecular flexibility index (Phi) is 3.22. The second kappa shape index (κ2) is 4.82. The molecule has 1 aliphatic heterocycles. The summed E-state index contributed by atoms with van der Waals surface area (Å²) in [6.07, 6.45) is 0.236. The Morgan fingerprint density at radius 2 is 2.00 bits per heavy atom. The molecule has 0 radical (unpaired) electrons. The number of ether oxygens (including phenoxy) is 3. The van der Waals surface area contributed by atoms with Gasteiger partial charge in [0.05, 0.1) is 31.7 Å². The molecule has 0 atom stereocenters. The second-order valence-corrected chi connectivity index (χ2v) is 3.55. The zero-order valence-electron chi connectivity index (χ0n) is 9.49. The summed E-state index contributed by atoms with van der Waals surface area (Å²) < 4.78 is 15.5. The molecule has 6 nitrogen and oxygen atoms in total. The molecule has 1 amide bonds. The lowest BCUT2D eigenvalue weighted by Crippen LogP contribution is -2.12. The van der Waals surface area contributed by atoms with Crippen molar-refractivity contribution in [3.63, 3.8) is 0 Å². The summed E-state index contributed by atoms with van der Waals surface area (Å²) in [7, 11) is 1.29. The summed E-state index contributed by atoms with van der Waals surface area (Å²) in [5.74, 6) is 1.17. The van der Waals surface area contributed by atoms with Crippen molar-refractivity contribution in [2.45, 2.75) is 6.42 Å². The van der Waals surface area contributed by atoms with Crippen molar-refractivity contribution >= 4 is 17.5 Å². The molecule has 0 saturated carbocycles. The van der Waals surface area contributed by atoms with E-state index in [-0.39, 0.29) is 0 Å². The molecule has 2 rings (SSSR count). The van der Waals surface area contributed by atoms with Crippen LogP contribution in [0.25, 0.3) is 0 Å². The number of rotatable bonds is 1. The van der Waals surface area contributed by atoms with Gasteiger partial charge in [-0.2, -0.15) is 0 Å². The zero-order valence-corrected chi connectivity index (χ0v) is 9.49. The Balaban J connectivity index is 2.28. The fourth-order valence-corrected chi connectivity index (χ4v) is 1.49. The third kappa shape index (κ3) is 2.52. The highest BCUT2D eigenvalue weighted by Gasteiger charge is 2.14. The molecule has 1 aromatic rings. The lowest BCUT2D eigenvalue weighted by Gasteiger charge is -2.12. The molecule has 0 unspecified atom stereocenters. The van der Waals surface area contributed by atoms with Crippen molar-refractivity contribution in [3.8, 4) is 11.5 Å². The molecule has 1 aromatic carbocycles. The fourth-order valence-electron chi connectivity index (χ4n) is 1.49. The average molecular weight is 238 g/mol. The number of hydrogen-bond donors (Lipinski definition) is 2. The van der Waals surface area contributed by atoms with E-state index in [2.05, 4.69) is 10.1 Å². The summed E-state index contributed by atoms with van der Waals surface area (Å²) in [5, 5.41) is 2.51. The first kappa shape index (κ1) is 11.4. The van der Waals surface area contributed by atoms with Crippen molar-refractivity contribution in [2.75, 3.05) is 31.4 Å². The van der Waals surface area contributed by atoms with Gasteiger partial charge in [0, 0.05) is 18.6 Å². The number of fused-ring (bicyclic) bond motifs is 1. The van der Waals surface area contributed by atoms with Gasteiger partial charge in [0.2, 0.25) is 0 Å². The number of methoxy groups -OCH3 is 1. The van der Waals surface area contributed by atoms with Crippen molar-refractivity contribution in [1.29, 1.82) is 0 Å². The highest BCUT2D eigenvalue weighted by molar-refractivity contribution is 5.90. The van der Waals surface area contributed by atoms with E-state index in [0.29, 0.717) is 36.1 Å². The Labute approximate surface area is 98.6 Å². The smallest absolute Gasteiger partial charge is 0.411 e. The van der Waals surface area contributed by atoms with Gasteiger partial charge in [-0.05, 0) is 0 Å². The van der Waals surface area contributed by atoms with Gasteiger partial charge in [-0.25, -0.2) is 4.79 Å². The largest absolute Gasteiger partial charge is 0.489 e. The van der Waals surface area contributed by atoms with Crippen LogP contribution in [0.15, 0.2) is 12.1 Å². The number of nitrogen functional groups attached to an aromatic ring is 1. The van der Waals surface area contributed by atoms with Crippen molar-refractivity contribution in [3.05, 3.63) is 12.1 Å². The Morgan fingerprint density at radius 1 is 1.35 bits per heavy atom. The summed E-state index contributed by atoms with van der Waals surface area (Å²) >= 11 is 0. The number of nitrogens with two attached hydrogens (primary N) is 1. The number of hydrogen-bond acceptors (Lipinski definition) is 5. The quantitative estimate of drug-likeness (QED) is 0.726. The molecule has 0 spiro atoms. The van der Waals surface area contributed by atoms with Crippen LogP contribution in [0.4, 0.5) is 16.2 Å². The minimum atomic E-state index is -0.578. The highest BCUT2D eigenvalue weighted by atomic mass is 16.5. The van der Waals surface area contributed by atoms with Gasteiger partial charge in [0.1, 0.15) is 0 Å². The molecule has 17 heavy (non-hydrogen) atoms. The van der Waals surface area contributed by atoms with Crippen LogP contribution < -0.4 is 20.5 Å². The van der Waals surface area contributed by atoms with E-state index in [0.717, 1.165) is 6.42 Å². The highest BCUT2D eigenvalue weighted by Crippen LogP contribution is 2.36. The Bertz CT molecular complexity index is 434. The van der Waals surface area contributed by atoms with Crippen molar-refractivity contribution < 1.29 is 19.0 Å². The standard InChI is InChI=1S/C11H14N2O4/c1-15-11(14)13-8-6-10-9(5-7(8)12)16-3-2-4-17-10/h5-6H,2-4,12H2,1H3,(H,13,14). The molecule has 1 heterocycles. The zero-order chi connectivity index (χ0) is 12.3. The molecular formula is C11H14N2O4. The number of carbonyl (C=O) groups excluding carboxylic acids is 1. The molecule has 0 fully saturated rings. The van der Waals surface area contributed by atoms with Crippen LogP contribution in [0.1, 0.15) is 6.42 Å². The van der Waals surface area contributed by atoms with Crippen LogP contribution in [0.3, 0.4) is 0 Å². The first-order valence-electron chi connectivity index (χ1n) is 5.25. The van der Waals surface area contributed by atoms with Gasteiger partial charge >= 0.3 is 6.09 Å². The topological polar surface area (TPSA) is 82.8 Å². The average Bonchev–Trinajstić information content (AvgIpc) is 2.54. The fraction of sp³-hybridized carbons (Fsp3) is 0.364. The SMILES string of the molecule is COC(=O)Nc1cc2c(cc1N)OCCCO2. The predicted octanol–water partition coefficient (Wildman–Crippen LogP) is 1.61. The molecule has 92 valence electrons.